The van der Waals surface area contributed by atoms with Gasteiger partial charge < -0.3 is 9.47 Å². The van der Waals surface area contributed by atoms with Crippen molar-refractivity contribution in [2.75, 3.05) is 0 Å². The van der Waals surface area contributed by atoms with E-state index in [2.05, 4.69) is 20.9 Å². The summed E-state index contributed by atoms with van der Waals surface area (Å²) in [6, 6.07) is 19.0. The number of hydrogen-bond acceptors (Lipinski definition) is 3. The van der Waals surface area contributed by atoms with Crippen LogP contribution in [0.3, 0.4) is 0 Å². The van der Waals surface area contributed by atoms with Gasteiger partial charge in [0.1, 0.15) is 23.0 Å². The summed E-state index contributed by atoms with van der Waals surface area (Å²) in [5.74, 6) is 2.99. The van der Waals surface area contributed by atoms with Crippen LogP contribution in [0.1, 0.15) is 0 Å². The summed E-state index contributed by atoms with van der Waals surface area (Å²) in [7, 11) is 0. The summed E-state index contributed by atoms with van der Waals surface area (Å²) in [6.07, 6.45) is 3.38. The third-order valence-electron chi connectivity index (χ3n) is 2.72. The molecule has 0 aliphatic heterocycles. The largest absolute Gasteiger partial charge is 0.457 e. The summed E-state index contributed by atoms with van der Waals surface area (Å²) >= 11 is 3.36. The lowest BCUT2D eigenvalue weighted by atomic mass is 10.3. The lowest BCUT2D eigenvalue weighted by molar-refractivity contribution is 0.468. The molecule has 0 aliphatic carbocycles. The van der Waals surface area contributed by atoms with Crippen LogP contribution in [0.5, 0.6) is 23.0 Å². The Labute approximate surface area is 131 Å². The minimum Gasteiger partial charge on any atom is -0.457 e. The van der Waals surface area contributed by atoms with Crippen molar-refractivity contribution in [2.24, 2.45) is 0 Å². The Bertz CT molecular complexity index is 714. The van der Waals surface area contributed by atoms with E-state index in [0.717, 1.165) is 21.7 Å². The van der Waals surface area contributed by atoms with E-state index in [0.29, 0.717) is 5.75 Å². The molecule has 0 saturated heterocycles. The molecule has 0 fully saturated rings. The average molecular weight is 342 g/mol. The van der Waals surface area contributed by atoms with E-state index in [1.165, 1.54) is 0 Å². The van der Waals surface area contributed by atoms with Gasteiger partial charge in [0.25, 0.3) is 0 Å². The predicted octanol–water partition coefficient (Wildman–Crippen LogP) is 5.43. The topological polar surface area (TPSA) is 31.4 Å². The number of rotatable bonds is 4. The van der Waals surface area contributed by atoms with E-state index in [-0.39, 0.29) is 0 Å². The second kappa shape index (κ2) is 6.41. The van der Waals surface area contributed by atoms with Crippen molar-refractivity contribution >= 4 is 15.9 Å². The Kier molecular flexibility index (Phi) is 4.17. The zero-order chi connectivity index (χ0) is 14.5. The van der Waals surface area contributed by atoms with Gasteiger partial charge in [0.05, 0.1) is 6.20 Å². The van der Waals surface area contributed by atoms with Gasteiger partial charge in [0.2, 0.25) is 0 Å². The first-order valence-electron chi connectivity index (χ1n) is 6.41. The third kappa shape index (κ3) is 3.83. The molecular formula is C17H12BrNO2. The fraction of sp³-hybridized carbons (Fsp3) is 0. The SMILES string of the molecule is Brc1cncc(Oc2ccc(Oc3ccccc3)cc2)c1. The van der Waals surface area contributed by atoms with Gasteiger partial charge >= 0.3 is 0 Å². The molecule has 2 aromatic carbocycles. The molecule has 0 aliphatic rings. The third-order valence-corrected chi connectivity index (χ3v) is 3.15. The van der Waals surface area contributed by atoms with Crippen molar-refractivity contribution in [3.63, 3.8) is 0 Å². The van der Waals surface area contributed by atoms with E-state index in [1.54, 1.807) is 12.4 Å². The van der Waals surface area contributed by atoms with Gasteiger partial charge in [0.15, 0.2) is 0 Å². The summed E-state index contributed by atoms with van der Waals surface area (Å²) in [4.78, 5) is 4.06. The molecule has 0 unspecified atom stereocenters. The highest BCUT2D eigenvalue weighted by molar-refractivity contribution is 9.10. The number of benzene rings is 2. The molecule has 104 valence electrons. The van der Waals surface area contributed by atoms with E-state index >= 15 is 0 Å². The molecule has 0 atom stereocenters. The molecule has 0 radical (unpaired) electrons. The van der Waals surface area contributed by atoms with Crippen molar-refractivity contribution in [2.45, 2.75) is 0 Å². The minimum atomic E-state index is 0.682. The number of pyridine rings is 1. The second-order valence-corrected chi connectivity index (χ2v) is 5.24. The predicted molar refractivity (Wildman–Crippen MR) is 85.0 cm³/mol. The lowest BCUT2D eigenvalue weighted by Gasteiger charge is -2.08. The number of para-hydroxylation sites is 1. The Hall–Kier alpha value is -2.33. The van der Waals surface area contributed by atoms with Crippen LogP contribution in [-0.2, 0) is 0 Å². The molecule has 3 aromatic rings. The standard InChI is InChI=1S/C17H12BrNO2/c18-13-10-17(12-19-11-13)21-16-8-6-15(7-9-16)20-14-4-2-1-3-5-14/h1-12H. The summed E-state index contributed by atoms with van der Waals surface area (Å²) in [6.45, 7) is 0. The quantitative estimate of drug-likeness (QED) is 0.634. The number of halogens is 1. The van der Waals surface area contributed by atoms with Gasteiger partial charge in [-0.25, -0.2) is 0 Å². The Morgan fingerprint density at radius 1 is 0.667 bits per heavy atom. The summed E-state index contributed by atoms with van der Waals surface area (Å²) in [5.41, 5.74) is 0. The van der Waals surface area contributed by atoms with Crippen molar-refractivity contribution in [1.82, 2.24) is 4.98 Å². The number of hydrogen-bond donors (Lipinski definition) is 0. The maximum atomic E-state index is 5.73. The fourth-order valence-corrected chi connectivity index (χ4v) is 2.13. The van der Waals surface area contributed by atoms with Gasteiger partial charge in [0, 0.05) is 10.7 Å². The van der Waals surface area contributed by atoms with E-state index in [1.807, 2.05) is 60.7 Å². The van der Waals surface area contributed by atoms with Crippen LogP contribution >= 0.6 is 15.9 Å². The van der Waals surface area contributed by atoms with Crippen molar-refractivity contribution in [3.8, 4) is 23.0 Å². The maximum Gasteiger partial charge on any atom is 0.146 e. The Balaban J connectivity index is 1.69. The average Bonchev–Trinajstić information content (AvgIpc) is 2.50. The Morgan fingerprint density at radius 2 is 1.24 bits per heavy atom. The normalized spacial score (nSPS) is 10.1. The van der Waals surface area contributed by atoms with Crippen LogP contribution in [0.4, 0.5) is 0 Å². The number of ether oxygens (including phenoxy) is 2. The fourth-order valence-electron chi connectivity index (χ4n) is 1.78. The molecular weight excluding hydrogens is 330 g/mol. The lowest BCUT2D eigenvalue weighted by Crippen LogP contribution is -1.87. The molecule has 0 bridgehead atoms. The molecule has 0 saturated carbocycles. The first-order valence-corrected chi connectivity index (χ1v) is 7.20. The number of nitrogens with zero attached hydrogens (tertiary/aromatic N) is 1. The van der Waals surface area contributed by atoms with Gasteiger partial charge in [-0.3, -0.25) is 4.98 Å². The highest BCUT2D eigenvalue weighted by Gasteiger charge is 2.01. The van der Waals surface area contributed by atoms with Crippen LogP contribution < -0.4 is 9.47 Å². The molecule has 4 heteroatoms. The van der Waals surface area contributed by atoms with Gasteiger partial charge in [-0.1, -0.05) is 18.2 Å². The van der Waals surface area contributed by atoms with Gasteiger partial charge in [-0.05, 0) is 58.4 Å². The molecule has 1 heterocycles. The van der Waals surface area contributed by atoms with Crippen LogP contribution in [0.25, 0.3) is 0 Å². The van der Waals surface area contributed by atoms with Crippen LogP contribution in [0.2, 0.25) is 0 Å². The molecule has 0 N–H and O–H groups in total. The monoisotopic (exact) mass is 341 g/mol. The summed E-state index contributed by atoms with van der Waals surface area (Å²) in [5, 5.41) is 0. The first-order chi connectivity index (χ1) is 10.3. The van der Waals surface area contributed by atoms with E-state index in [9.17, 15) is 0 Å². The summed E-state index contributed by atoms with van der Waals surface area (Å²) < 4.78 is 12.3. The highest BCUT2D eigenvalue weighted by atomic mass is 79.9. The van der Waals surface area contributed by atoms with Crippen LogP contribution in [0, 0.1) is 0 Å². The minimum absolute atomic E-state index is 0.682. The first kappa shape index (κ1) is 13.6. The molecule has 1 aromatic heterocycles. The highest BCUT2D eigenvalue weighted by Crippen LogP contribution is 2.27. The van der Waals surface area contributed by atoms with Gasteiger partial charge in [-0.15, -0.1) is 0 Å². The number of aromatic nitrogens is 1. The van der Waals surface area contributed by atoms with Crippen molar-refractivity contribution < 1.29 is 9.47 Å². The zero-order valence-electron chi connectivity index (χ0n) is 11.1. The van der Waals surface area contributed by atoms with E-state index in [4.69, 9.17) is 9.47 Å². The van der Waals surface area contributed by atoms with E-state index < -0.39 is 0 Å². The Morgan fingerprint density at radius 3 is 1.86 bits per heavy atom. The molecule has 0 amide bonds. The molecule has 21 heavy (non-hydrogen) atoms. The van der Waals surface area contributed by atoms with Crippen molar-refractivity contribution in [1.29, 1.82) is 0 Å². The molecule has 0 spiro atoms. The smallest absolute Gasteiger partial charge is 0.146 e. The second-order valence-electron chi connectivity index (χ2n) is 4.33. The zero-order valence-corrected chi connectivity index (χ0v) is 12.7. The van der Waals surface area contributed by atoms with Gasteiger partial charge in [-0.2, -0.15) is 0 Å². The molecule has 3 rings (SSSR count). The van der Waals surface area contributed by atoms with Crippen LogP contribution in [-0.4, -0.2) is 4.98 Å². The maximum absolute atomic E-state index is 5.73. The van der Waals surface area contributed by atoms with Crippen molar-refractivity contribution in [3.05, 3.63) is 77.5 Å². The van der Waals surface area contributed by atoms with Crippen LogP contribution in [0.15, 0.2) is 77.5 Å². The molecule has 3 nitrogen and oxygen atoms in total.